The van der Waals surface area contributed by atoms with E-state index in [2.05, 4.69) is 5.32 Å². The van der Waals surface area contributed by atoms with Crippen molar-refractivity contribution >= 4 is 29.4 Å². The molecule has 1 saturated carbocycles. The second-order valence-electron chi connectivity index (χ2n) is 7.56. The Hall–Kier alpha value is -2.08. The standard InChI is InChI=1S/C21H27ClN2O4/c1-2-28-20(26)12-23-19(25)11-16-7-10-18(15-5-8-17(22)9-6-15)24(21(16)27)13-14-3-4-14/h5-6,8-9,14,16,18H,2-4,7,10-13H2,1H3,(H,23,25). The van der Waals surface area contributed by atoms with Crippen LogP contribution in [-0.2, 0) is 19.1 Å². The van der Waals surface area contributed by atoms with E-state index in [0.717, 1.165) is 31.4 Å². The fourth-order valence-corrected chi connectivity index (χ4v) is 3.85. The molecule has 6 nitrogen and oxygen atoms in total. The number of halogens is 1. The van der Waals surface area contributed by atoms with Gasteiger partial charge in [0, 0.05) is 23.9 Å². The van der Waals surface area contributed by atoms with Crippen molar-refractivity contribution in [3.63, 3.8) is 0 Å². The Balaban J connectivity index is 1.62. The van der Waals surface area contributed by atoms with Gasteiger partial charge in [0.05, 0.1) is 12.6 Å². The summed E-state index contributed by atoms with van der Waals surface area (Å²) in [5, 5.41) is 3.23. The van der Waals surface area contributed by atoms with Gasteiger partial charge in [0.15, 0.2) is 0 Å². The lowest BCUT2D eigenvalue weighted by Gasteiger charge is -2.40. The maximum Gasteiger partial charge on any atom is 0.325 e. The zero-order valence-electron chi connectivity index (χ0n) is 16.2. The minimum absolute atomic E-state index is 0.0317. The van der Waals surface area contributed by atoms with Gasteiger partial charge in [-0.3, -0.25) is 14.4 Å². The van der Waals surface area contributed by atoms with E-state index >= 15 is 0 Å². The monoisotopic (exact) mass is 406 g/mol. The van der Waals surface area contributed by atoms with E-state index in [1.807, 2.05) is 29.2 Å². The second-order valence-corrected chi connectivity index (χ2v) is 8.00. The Morgan fingerprint density at radius 3 is 2.54 bits per heavy atom. The van der Waals surface area contributed by atoms with Crippen molar-refractivity contribution in [1.29, 1.82) is 0 Å². The topological polar surface area (TPSA) is 75.7 Å². The third-order valence-electron chi connectivity index (χ3n) is 5.37. The molecule has 3 rings (SSSR count). The number of likely N-dealkylation sites (tertiary alicyclic amines) is 1. The van der Waals surface area contributed by atoms with E-state index in [0.29, 0.717) is 17.4 Å². The van der Waals surface area contributed by atoms with E-state index in [9.17, 15) is 14.4 Å². The number of hydrogen-bond donors (Lipinski definition) is 1. The van der Waals surface area contributed by atoms with Crippen LogP contribution in [0.2, 0.25) is 5.02 Å². The Morgan fingerprint density at radius 1 is 1.18 bits per heavy atom. The molecule has 152 valence electrons. The first kappa shape index (κ1) is 20.6. The van der Waals surface area contributed by atoms with Gasteiger partial charge in [-0.15, -0.1) is 0 Å². The highest BCUT2D eigenvalue weighted by molar-refractivity contribution is 6.30. The molecule has 1 aliphatic carbocycles. The molecular weight excluding hydrogens is 380 g/mol. The molecule has 1 heterocycles. The minimum Gasteiger partial charge on any atom is -0.465 e. The van der Waals surface area contributed by atoms with Crippen LogP contribution in [0.5, 0.6) is 0 Å². The summed E-state index contributed by atoms with van der Waals surface area (Å²) in [5.41, 5.74) is 1.09. The molecule has 28 heavy (non-hydrogen) atoms. The first-order chi connectivity index (χ1) is 13.5. The average Bonchev–Trinajstić information content (AvgIpc) is 3.49. The maximum atomic E-state index is 13.1. The molecule has 2 fully saturated rings. The fourth-order valence-electron chi connectivity index (χ4n) is 3.72. The number of amides is 2. The van der Waals surface area contributed by atoms with Crippen molar-refractivity contribution in [3.05, 3.63) is 34.9 Å². The summed E-state index contributed by atoms with van der Waals surface area (Å²) in [6.45, 7) is 2.57. The molecule has 0 spiro atoms. The number of carbonyl (C=O) groups is 3. The van der Waals surface area contributed by atoms with E-state index in [1.54, 1.807) is 6.92 Å². The van der Waals surface area contributed by atoms with Crippen LogP contribution in [0.4, 0.5) is 0 Å². The smallest absolute Gasteiger partial charge is 0.325 e. The van der Waals surface area contributed by atoms with Gasteiger partial charge in [0.25, 0.3) is 0 Å². The lowest BCUT2D eigenvalue weighted by Crippen LogP contribution is -2.46. The molecule has 1 aromatic rings. The van der Waals surface area contributed by atoms with Crippen molar-refractivity contribution < 1.29 is 19.1 Å². The summed E-state index contributed by atoms with van der Waals surface area (Å²) in [4.78, 5) is 38.7. The molecule has 0 bridgehead atoms. The molecule has 2 aliphatic rings. The van der Waals surface area contributed by atoms with Gasteiger partial charge in [-0.2, -0.15) is 0 Å². The van der Waals surface area contributed by atoms with E-state index in [4.69, 9.17) is 16.3 Å². The molecule has 1 aliphatic heterocycles. The molecule has 7 heteroatoms. The number of nitrogens with one attached hydrogen (secondary N) is 1. The summed E-state index contributed by atoms with van der Waals surface area (Å²) < 4.78 is 4.80. The molecule has 2 atom stereocenters. The van der Waals surface area contributed by atoms with Gasteiger partial charge >= 0.3 is 5.97 Å². The molecule has 2 amide bonds. The fraction of sp³-hybridized carbons (Fsp3) is 0.571. The summed E-state index contributed by atoms with van der Waals surface area (Å²) in [7, 11) is 0. The van der Waals surface area contributed by atoms with Crippen LogP contribution in [0.25, 0.3) is 0 Å². The minimum atomic E-state index is -0.469. The largest absolute Gasteiger partial charge is 0.465 e. The number of hydrogen-bond acceptors (Lipinski definition) is 4. The van der Waals surface area contributed by atoms with Crippen LogP contribution >= 0.6 is 11.6 Å². The van der Waals surface area contributed by atoms with Crippen molar-refractivity contribution in [2.24, 2.45) is 11.8 Å². The van der Waals surface area contributed by atoms with Crippen LogP contribution in [-0.4, -0.2) is 42.4 Å². The summed E-state index contributed by atoms with van der Waals surface area (Å²) in [6.07, 6.45) is 3.88. The van der Waals surface area contributed by atoms with E-state index in [1.165, 1.54) is 0 Å². The average molecular weight is 407 g/mol. The SMILES string of the molecule is CCOC(=O)CNC(=O)CC1CCC(c2ccc(Cl)cc2)N(CC2CC2)C1=O. The van der Waals surface area contributed by atoms with Crippen molar-refractivity contribution in [3.8, 4) is 0 Å². The Bertz CT molecular complexity index is 718. The molecular formula is C21H27ClN2O4. The number of nitrogens with zero attached hydrogens (tertiary/aromatic N) is 1. The zero-order valence-corrected chi connectivity index (χ0v) is 16.9. The quantitative estimate of drug-likeness (QED) is 0.673. The molecule has 1 N–H and O–H groups in total. The molecule has 1 aromatic carbocycles. The molecule has 0 radical (unpaired) electrons. The number of ether oxygens (including phenoxy) is 1. The lowest BCUT2D eigenvalue weighted by atomic mass is 9.86. The van der Waals surface area contributed by atoms with Crippen LogP contribution < -0.4 is 5.32 Å². The van der Waals surface area contributed by atoms with Gasteiger partial charge in [-0.1, -0.05) is 23.7 Å². The van der Waals surface area contributed by atoms with Gasteiger partial charge in [-0.25, -0.2) is 0 Å². The number of benzene rings is 1. The third kappa shape index (κ3) is 5.47. The predicted molar refractivity (Wildman–Crippen MR) is 106 cm³/mol. The maximum absolute atomic E-state index is 13.1. The molecule has 2 unspecified atom stereocenters. The number of esters is 1. The normalized spacial score (nSPS) is 22.1. The van der Waals surface area contributed by atoms with Gasteiger partial charge in [0.2, 0.25) is 11.8 Å². The van der Waals surface area contributed by atoms with Crippen molar-refractivity contribution in [2.75, 3.05) is 19.7 Å². The van der Waals surface area contributed by atoms with Crippen LogP contribution in [0.15, 0.2) is 24.3 Å². The number of piperidine rings is 1. The second kappa shape index (κ2) is 9.41. The lowest BCUT2D eigenvalue weighted by molar-refractivity contribution is -0.145. The van der Waals surface area contributed by atoms with Crippen molar-refractivity contribution in [2.45, 2.75) is 45.1 Å². The van der Waals surface area contributed by atoms with E-state index in [-0.39, 0.29) is 43.3 Å². The van der Waals surface area contributed by atoms with Crippen molar-refractivity contribution in [1.82, 2.24) is 10.2 Å². The Labute approximate surface area is 170 Å². The number of rotatable bonds is 8. The highest BCUT2D eigenvalue weighted by Crippen LogP contribution is 2.39. The first-order valence-corrected chi connectivity index (χ1v) is 10.3. The van der Waals surface area contributed by atoms with Crippen LogP contribution in [0.1, 0.15) is 50.6 Å². The Kier molecular flexibility index (Phi) is 6.94. The van der Waals surface area contributed by atoms with Gasteiger partial charge < -0.3 is 15.0 Å². The highest BCUT2D eigenvalue weighted by Gasteiger charge is 2.39. The Morgan fingerprint density at radius 2 is 1.89 bits per heavy atom. The van der Waals surface area contributed by atoms with Gasteiger partial charge in [-0.05, 0) is 56.2 Å². The highest BCUT2D eigenvalue weighted by atomic mass is 35.5. The third-order valence-corrected chi connectivity index (χ3v) is 5.62. The predicted octanol–water partition coefficient (Wildman–Crippen LogP) is 3.10. The zero-order chi connectivity index (χ0) is 20.1. The van der Waals surface area contributed by atoms with Gasteiger partial charge in [0.1, 0.15) is 6.54 Å². The van der Waals surface area contributed by atoms with Crippen LogP contribution in [0, 0.1) is 11.8 Å². The molecule has 1 saturated heterocycles. The summed E-state index contributed by atoms with van der Waals surface area (Å²) in [6, 6.07) is 7.69. The molecule has 0 aromatic heterocycles. The first-order valence-electron chi connectivity index (χ1n) is 9.96. The summed E-state index contributed by atoms with van der Waals surface area (Å²) in [5.74, 6) is -0.504. The van der Waals surface area contributed by atoms with E-state index < -0.39 is 5.97 Å². The summed E-state index contributed by atoms with van der Waals surface area (Å²) >= 11 is 6.00. The number of carbonyl (C=O) groups excluding carboxylic acids is 3. The van der Waals surface area contributed by atoms with Crippen LogP contribution in [0.3, 0.4) is 0 Å².